The second-order valence-electron chi connectivity index (χ2n) is 6.88. The number of para-hydroxylation sites is 1. The number of hydrogen-bond acceptors (Lipinski definition) is 3. The van der Waals surface area contributed by atoms with E-state index in [9.17, 15) is 9.59 Å². The Labute approximate surface area is 125 Å². The number of nitrogens with zero attached hydrogens (tertiary/aromatic N) is 1. The average molecular weight is 304 g/mol. The normalized spacial score (nSPS) is 24.8. The highest BCUT2D eigenvalue weighted by Crippen LogP contribution is 2.41. The molecule has 3 rings (SSSR count). The van der Waals surface area contributed by atoms with Crippen LogP contribution in [0.2, 0.25) is 19.6 Å². The molecule has 6 heteroatoms. The van der Waals surface area contributed by atoms with Gasteiger partial charge in [-0.2, -0.15) is 0 Å². The number of nitrogens with one attached hydrogen (secondary N) is 1. The Kier molecular flexibility index (Phi) is 3.09. The van der Waals surface area contributed by atoms with E-state index in [0.717, 1.165) is 5.56 Å². The topological polar surface area (TPSA) is 58.6 Å². The predicted octanol–water partition coefficient (Wildman–Crippen LogP) is 2.09. The maximum Gasteiger partial charge on any atom is 0.325 e. The first kappa shape index (κ1) is 14.1. The van der Waals surface area contributed by atoms with Crippen LogP contribution in [-0.4, -0.2) is 37.7 Å². The minimum Gasteiger partial charge on any atom is -0.493 e. The molecule has 0 aromatic heterocycles. The molecule has 1 spiro atoms. The molecule has 2 aliphatic rings. The molecule has 112 valence electrons. The third-order valence-electron chi connectivity index (χ3n) is 3.89. The number of hydrogen-bond donors (Lipinski definition) is 1. The monoisotopic (exact) mass is 304 g/mol. The van der Waals surface area contributed by atoms with Crippen molar-refractivity contribution in [3.05, 3.63) is 29.8 Å². The van der Waals surface area contributed by atoms with E-state index in [4.69, 9.17) is 4.74 Å². The molecule has 1 aromatic rings. The Bertz CT molecular complexity index is 611. The number of imide groups is 1. The molecule has 21 heavy (non-hydrogen) atoms. The zero-order valence-electron chi connectivity index (χ0n) is 12.6. The summed E-state index contributed by atoms with van der Waals surface area (Å²) in [5, 5.41) is 2.93. The molecule has 2 aliphatic heterocycles. The van der Waals surface area contributed by atoms with E-state index in [0.29, 0.717) is 24.9 Å². The molecule has 1 saturated heterocycles. The lowest BCUT2D eigenvalue weighted by molar-refractivity contribution is -0.132. The van der Waals surface area contributed by atoms with Crippen molar-refractivity contribution in [1.82, 2.24) is 10.2 Å². The Morgan fingerprint density at radius 2 is 2.00 bits per heavy atom. The van der Waals surface area contributed by atoms with E-state index in [-0.39, 0.29) is 11.9 Å². The Balaban J connectivity index is 2.01. The maximum absolute atomic E-state index is 12.9. The minimum atomic E-state index is -1.56. The van der Waals surface area contributed by atoms with Crippen molar-refractivity contribution in [3.63, 3.8) is 0 Å². The minimum absolute atomic E-state index is 0.134. The van der Waals surface area contributed by atoms with Gasteiger partial charge in [-0.3, -0.25) is 9.69 Å². The fraction of sp³-hybridized carbons (Fsp3) is 0.467. The molecule has 0 unspecified atom stereocenters. The summed E-state index contributed by atoms with van der Waals surface area (Å²) in [5.74, 6) is 0.554. The number of ether oxygens (including phenoxy) is 1. The van der Waals surface area contributed by atoms with Crippen molar-refractivity contribution < 1.29 is 14.3 Å². The SMILES string of the molecule is C[Si](C)(C)CN1C(=O)N[C@]2(CCOc3ccccc32)C1=O. The molecular formula is C15H20N2O3Si. The second kappa shape index (κ2) is 4.59. The summed E-state index contributed by atoms with van der Waals surface area (Å²) in [4.78, 5) is 26.7. The van der Waals surface area contributed by atoms with Gasteiger partial charge in [0.15, 0.2) is 5.54 Å². The van der Waals surface area contributed by atoms with Crippen molar-refractivity contribution in [2.45, 2.75) is 31.6 Å². The highest BCUT2D eigenvalue weighted by Gasteiger charge is 2.55. The molecule has 1 N–H and O–H groups in total. The van der Waals surface area contributed by atoms with E-state index in [1.54, 1.807) is 0 Å². The van der Waals surface area contributed by atoms with Crippen molar-refractivity contribution >= 4 is 20.0 Å². The fourth-order valence-corrected chi connectivity index (χ4v) is 4.23. The number of carbonyl (C=O) groups excluding carboxylic acids is 2. The molecule has 0 aliphatic carbocycles. The zero-order valence-corrected chi connectivity index (χ0v) is 13.6. The molecule has 0 radical (unpaired) electrons. The lowest BCUT2D eigenvalue weighted by Crippen LogP contribution is -2.48. The van der Waals surface area contributed by atoms with Crippen molar-refractivity contribution in [2.75, 3.05) is 12.8 Å². The van der Waals surface area contributed by atoms with Crippen molar-refractivity contribution in [2.24, 2.45) is 0 Å². The van der Waals surface area contributed by atoms with Gasteiger partial charge < -0.3 is 10.1 Å². The van der Waals surface area contributed by atoms with Gasteiger partial charge in [0.05, 0.1) is 14.7 Å². The summed E-state index contributed by atoms with van der Waals surface area (Å²) >= 11 is 0. The molecule has 0 bridgehead atoms. The summed E-state index contributed by atoms with van der Waals surface area (Å²) in [5.41, 5.74) is -0.168. The van der Waals surface area contributed by atoms with Gasteiger partial charge in [-0.1, -0.05) is 37.8 Å². The lowest BCUT2D eigenvalue weighted by atomic mass is 9.84. The molecule has 1 atom stereocenters. The summed E-state index contributed by atoms with van der Waals surface area (Å²) in [6.07, 6.45) is 1.03. The number of carbonyl (C=O) groups is 2. The van der Waals surface area contributed by atoms with Crippen LogP contribution in [0.5, 0.6) is 5.75 Å². The molecule has 2 heterocycles. The van der Waals surface area contributed by atoms with Crippen LogP contribution in [0.4, 0.5) is 4.79 Å². The third kappa shape index (κ3) is 2.23. The van der Waals surface area contributed by atoms with Crippen LogP contribution < -0.4 is 10.1 Å². The van der Waals surface area contributed by atoms with Crippen molar-refractivity contribution in [3.8, 4) is 5.75 Å². The van der Waals surface area contributed by atoms with Gasteiger partial charge in [-0.25, -0.2) is 4.79 Å². The molecule has 1 fully saturated rings. The van der Waals surface area contributed by atoms with Crippen LogP contribution in [0.3, 0.4) is 0 Å². The van der Waals surface area contributed by atoms with Gasteiger partial charge >= 0.3 is 6.03 Å². The largest absolute Gasteiger partial charge is 0.493 e. The van der Waals surface area contributed by atoms with Crippen LogP contribution in [0.1, 0.15) is 12.0 Å². The molecular weight excluding hydrogens is 284 g/mol. The molecule has 0 saturated carbocycles. The van der Waals surface area contributed by atoms with Crippen LogP contribution in [-0.2, 0) is 10.3 Å². The van der Waals surface area contributed by atoms with Crippen LogP contribution in [0.25, 0.3) is 0 Å². The van der Waals surface area contributed by atoms with Crippen LogP contribution in [0, 0.1) is 0 Å². The van der Waals surface area contributed by atoms with E-state index < -0.39 is 13.6 Å². The fourth-order valence-electron chi connectivity index (χ4n) is 2.99. The smallest absolute Gasteiger partial charge is 0.325 e. The predicted molar refractivity (Wildman–Crippen MR) is 81.8 cm³/mol. The van der Waals surface area contributed by atoms with E-state index in [1.807, 2.05) is 24.3 Å². The number of fused-ring (bicyclic) bond motifs is 2. The Hall–Kier alpha value is -1.82. The van der Waals surface area contributed by atoms with E-state index in [1.165, 1.54) is 4.90 Å². The quantitative estimate of drug-likeness (QED) is 0.672. The number of rotatable bonds is 2. The standard InChI is InChI=1S/C15H20N2O3Si/c1-21(2,3)10-17-13(18)15(16-14(17)19)8-9-20-12-7-5-4-6-11(12)15/h4-7H,8-10H2,1-3H3,(H,16,19)/t15-/m0/s1. The molecule has 3 amide bonds. The van der Waals surface area contributed by atoms with Gasteiger partial charge in [0.1, 0.15) is 5.75 Å². The zero-order chi connectivity index (χ0) is 15.3. The van der Waals surface area contributed by atoms with Gasteiger partial charge in [-0.15, -0.1) is 0 Å². The highest BCUT2D eigenvalue weighted by atomic mass is 28.3. The molecule has 1 aromatic carbocycles. The summed E-state index contributed by atoms with van der Waals surface area (Å²) in [7, 11) is -1.56. The first-order chi connectivity index (χ1) is 9.83. The molecule has 5 nitrogen and oxygen atoms in total. The van der Waals surface area contributed by atoms with Gasteiger partial charge in [0.2, 0.25) is 0 Å². The van der Waals surface area contributed by atoms with Gasteiger partial charge in [0.25, 0.3) is 5.91 Å². The number of benzene rings is 1. The Morgan fingerprint density at radius 3 is 2.71 bits per heavy atom. The third-order valence-corrected chi connectivity index (χ3v) is 5.15. The van der Waals surface area contributed by atoms with Crippen LogP contribution in [0.15, 0.2) is 24.3 Å². The summed E-state index contributed by atoms with van der Waals surface area (Å²) in [6, 6.07) is 7.18. The van der Waals surface area contributed by atoms with Crippen LogP contribution >= 0.6 is 0 Å². The van der Waals surface area contributed by atoms with E-state index >= 15 is 0 Å². The summed E-state index contributed by atoms with van der Waals surface area (Å²) < 4.78 is 5.62. The highest BCUT2D eigenvalue weighted by molar-refractivity contribution is 6.76. The lowest BCUT2D eigenvalue weighted by Gasteiger charge is -2.33. The summed E-state index contributed by atoms with van der Waals surface area (Å²) in [6.45, 7) is 6.88. The second-order valence-corrected chi connectivity index (χ2v) is 12.3. The number of urea groups is 1. The number of amides is 3. The van der Waals surface area contributed by atoms with E-state index in [2.05, 4.69) is 25.0 Å². The maximum atomic E-state index is 12.9. The van der Waals surface area contributed by atoms with Gasteiger partial charge in [0, 0.05) is 18.2 Å². The van der Waals surface area contributed by atoms with Crippen molar-refractivity contribution in [1.29, 1.82) is 0 Å². The van der Waals surface area contributed by atoms with Gasteiger partial charge in [-0.05, 0) is 6.07 Å². The Morgan fingerprint density at radius 1 is 1.29 bits per heavy atom. The average Bonchev–Trinajstić information content (AvgIpc) is 2.63. The first-order valence-corrected chi connectivity index (χ1v) is 10.9. The first-order valence-electron chi connectivity index (χ1n) is 7.20.